The Morgan fingerprint density at radius 1 is 0.881 bits per heavy atom. The Morgan fingerprint density at radius 3 is 2.33 bits per heavy atom. The van der Waals surface area contributed by atoms with Crippen LogP contribution in [0.2, 0.25) is 0 Å². The van der Waals surface area contributed by atoms with E-state index in [0.29, 0.717) is 11.1 Å². The molecule has 0 bridgehead atoms. The SMILES string of the molecule is CC1OC(Oc2cc(O)c3c(=O)cc(-c4ccc(O)cc4)oc3c2)C(O)C(O)C1OC(=O)/C=C/c1ccc(O)c(O)c1. The number of benzene rings is 3. The highest BCUT2D eigenvalue weighted by Gasteiger charge is 2.46. The van der Waals surface area contributed by atoms with Crippen LogP contribution in [0.4, 0.5) is 0 Å². The van der Waals surface area contributed by atoms with Crippen LogP contribution in [-0.4, -0.2) is 67.3 Å². The molecule has 42 heavy (non-hydrogen) atoms. The van der Waals surface area contributed by atoms with E-state index < -0.39 is 47.9 Å². The lowest BCUT2D eigenvalue weighted by molar-refractivity contribution is -0.271. The summed E-state index contributed by atoms with van der Waals surface area (Å²) in [4.78, 5) is 25.1. The number of aliphatic hydroxyl groups is 2. The zero-order valence-corrected chi connectivity index (χ0v) is 21.9. The van der Waals surface area contributed by atoms with Crippen molar-refractivity contribution in [1.29, 1.82) is 0 Å². The van der Waals surface area contributed by atoms with E-state index in [1.807, 2.05) is 0 Å². The van der Waals surface area contributed by atoms with Gasteiger partial charge in [0, 0.05) is 29.8 Å². The van der Waals surface area contributed by atoms with Crippen molar-refractivity contribution in [3.63, 3.8) is 0 Å². The molecule has 1 aliphatic heterocycles. The van der Waals surface area contributed by atoms with Crippen molar-refractivity contribution in [3.05, 3.63) is 82.5 Å². The normalized spacial score (nSPS) is 22.3. The second-order valence-electron chi connectivity index (χ2n) is 9.63. The van der Waals surface area contributed by atoms with E-state index in [1.165, 1.54) is 55.5 Å². The van der Waals surface area contributed by atoms with Crippen molar-refractivity contribution in [2.45, 2.75) is 37.6 Å². The average molecular weight is 579 g/mol. The quantitative estimate of drug-likeness (QED) is 0.111. The summed E-state index contributed by atoms with van der Waals surface area (Å²) < 4.78 is 22.4. The third-order valence-electron chi connectivity index (χ3n) is 6.63. The summed E-state index contributed by atoms with van der Waals surface area (Å²) in [6.07, 6.45) is -4.63. The molecule has 0 saturated carbocycles. The molecule has 0 amide bonds. The van der Waals surface area contributed by atoms with Crippen molar-refractivity contribution in [3.8, 4) is 40.1 Å². The smallest absolute Gasteiger partial charge is 0.331 e. The molecule has 12 heteroatoms. The summed E-state index contributed by atoms with van der Waals surface area (Å²) in [7, 11) is 0. The zero-order chi connectivity index (χ0) is 30.1. The minimum absolute atomic E-state index is 0.0278. The Morgan fingerprint density at radius 2 is 1.62 bits per heavy atom. The lowest BCUT2D eigenvalue weighted by atomic mass is 9.99. The zero-order valence-electron chi connectivity index (χ0n) is 21.9. The largest absolute Gasteiger partial charge is 0.508 e. The van der Waals surface area contributed by atoms with Gasteiger partial charge in [-0.3, -0.25) is 4.79 Å². The third kappa shape index (κ3) is 5.86. The Hall–Kier alpha value is -5.04. The first-order valence-electron chi connectivity index (χ1n) is 12.7. The fraction of sp³-hybridized carbons (Fsp3) is 0.200. The molecule has 6 N–H and O–H groups in total. The molecule has 4 aromatic rings. The highest BCUT2D eigenvalue weighted by Crippen LogP contribution is 2.34. The van der Waals surface area contributed by atoms with Gasteiger partial charge in [-0.2, -0.15) is 0 Å². The summed E-state index contributed by atoms with van der Waals surface area (Å²) in [5.41, 5.74) is 0.341. The number of ether oxygens (including phenoxy) is 3. The summed E-state index contributed by atoms with van der Waals surface area (Å²) >= 11 is 0. The molecule has 0 spiro atoms. The fourth-order valence-corrected chi connectivity index (χ4v) is 4.46. The lowest BCUT2D eigenvalue weighted by Crippen LogP contribution is -2.59. The number of carbonyl (C=O) groups is 1. The van der Waals surface area contributed by atoms with Crippen molar-refractivity contribution in [1.82, 2.24) is 0 Å². The van der Waals surface area contributed by atoms with Crippen molar-refractivity contribution in [2.24, 2.45) is 0 Å². The van der Waals surface area contributed by atoms with Gasteiger partial charge in [0.1, 0.15) is 46.2 Å². The Labute approximate surface area is 237 Å². The van der Waals surface area contributed by atoms with Gasteiger partial charge in [-0.25, -0.2) is 4.79 Å². The first-order chi connectivity index (χ1) is 20.0. The van der Waals surface area contributed by atoms with Crippen LogP contribution in [0.1, 0.15) is 12.5 Å². The van der Waals surface area contributed by atoms with Crippen LogP contribution in [0.25, 0.3) is 28.4 Å². The molecule has 5 rings (SSSR count). The van der Waals surface area contributed by atoms with E-state index in [4.69, 9.17) is 18.6 Å². The van der Waals surface area contributed by atoms with E-state index in [-0.39, 0.29) is 39.7 Å². The molecular formula is C30H26O12. The molecule has 5 atom stereocenters. The number of hydrogen-bond acceptors (Lipinski definition) is 12. The van der Waals surface area contributed by atoms with Crippen LogP contribution in [0.15, 0.2) is 76.0 Å². The first-order valence-corrected chi connectivity index (χ1v) is 12.7. The van der Waals surface area contributed by atoms with E-state index in [9.17, 15) is 40.2 Å². The summed E-state index contributed by atoms with van der Waals surface area (Å²) in [5, 5.41) is 60.3. The van der Waals surface area contributed by atoms with Gasteiger partial charge in [0.05, 0.1) is 6.10 Å². The van der Waals surface area contributed by atoms with Gasteiger partial charge in [-0.1, -0.05) is 6.07 Å². The fourth-order valence-electron chi connectivity index (χ4n) is 4.46. The van der Waals surface area contributed by atoms with Crippen molar-refractivity contribution in [2.75, 3.05) is 0 Å². The number of aliphatic hydroxyl groups excluding tert-OH is 2. The Balaban J connectivity index is 1.31. The van der Waals surface area contributed by atoms with Crippen LogP contribution in [-0.2, 0) is 14.3 Å². The van der Waals surface area contributed by atoms with Crippen LogP contribution in [0.5, 0.6) is 28.7 Å². The molecule has 1 aliphatic rings. The van der Waals surface area contributed by atoms with Gasteiger partial charge in [0.15, 0.2) is 23.0 Å². The molecule has 218 valence electrons. The van der Waals surface area contributed by atoms with Gasteiger partial charge < -0.3 is 49.3 Å². The molecule has 5 unspecified atom stereocenters. The predicted molar refractivity (Wildman–Crippen MR) is 147 cm³/mol. The minimum Gasteiger partial charge on any atom is -0.508 e. The van der Waals surface area contributed by atoms with Crippen LogP contribution in [0, 0.1) is 0 Å². The number of rotatable bonds is 6. The molecule has 0 aliphatic carbocycles. The van der Waals surface area contributed by atoms with E-state index in [0.717, 1.165) is 12.1 Å². The highest BCUT2D eigenvalue weighted by atomic mass is 16.7. The van der Waals surface area contributed by atoms with E-state index >= 15 is 0 Å². The monoisotopic (exact) mass is 578 g/mol. The predicted octanol–water partition coefficient (Wildman–Crippen LogP) is 2.75. The van der Waals surface area contributed by atoms with Crippen molar-refractivity contribution >= 4 is 23.0 Å². The molecule has 1 fully saturated rings. The molecule has 1 saturated heterocycles. The van der Waals surface area contributed by atoms with E-state index in [2.05, 4.69) is 0 Å². The number of esters is 1. The molecule has 0 radical (unpaired) electrons. The second-order valence-corrected chi connectivity index (χ2v) is 9.63. The maximum absolute atomic E-state index is 12.7. The number of phenolic OH excluding ortho intramolecular Hbond substituents is 4. The Bertz CT molecular complexity index is 1710. The number of aromatic hydroxyl groups is 4. The number of hydrogen-bond donors (Lipinski definition) is 6. The molecule has 12 nitrogen and oxygen atoms in total. The van der Waals surface area contributed by atoms with Gasteiger partial charge >= 0.3 is 5.97 Å². The summed E-state index contributed by atoms with van der Waals surface area (Å²) in [6, 6.07) is 13.5. The summed E-state index contributed by atoms with van der Waals surface area (Å²) in [5.74, 6) is -1.86. The molecule has 2 heterocycles. The second kappa shape index (κ2) is 11.4. The minimum atomic E-state index is -1.69. The van der Waals surface area contributed by atoms with E-state index in [1.54, 1.807) is 12.1 Å². The average Bonchev–Trinajstić information content (AvgIpc) is 2.94. The van der Waals surface area contributed by atoms with Gasteiger partial charge in [0.2, 0.25) is 6.29 Å². The number of carbonyl (C=O) groups excluding carboxylic acids is 1. The van der Waals surface area contributed by atoms with Crippen LogP contribution < -0.4 is 10.2 Å². The topological polar surface area (TPSA) is 196 Å². The molecule has 3 aromatic carbocycles. The number of phenols is 4. The highest BCUT2D eigenvalue weighted by molar-refractivity contribution is 5.87. The summed E-state index contributed by atoms with van der Waals surface area (Å²) in [6.45, 7) is 1.49. The first kappa shape index (κ1) is 28.5. The maximum Gasteiger partial charge on any atom is 0.331 e. The standard InChI is InChI=1S/C30H26O12/c1-14-29(42-25(36)9-3-15-2-8-19(32)20(33)10-15)27(37)28(38)30(39-14)40-18-11-21(34)26-22(35)13-23(41-24(26)12-18)16-4-6-17(31)7-5-16/h2-14,27-34,37-38H,1H3/b9-3+. The maximum atomic E-state index is 12.7. The van der Waals surface area contributed by atoms with Gasteiger partial charge in [0.25, 0.3) is 0 Å². The molecule has 1 aromatic heterocycles. The third-order valence-corrected chi connectivity index (χ3v) is 6.63. The lowest BCUT2D eigenvalue weighted by Gasteiger charge is -2.40. The van der Waals surface area contributed by atoms with Crippen LogP contribution >= 0.6 is 0 Å². The van der Waals surface area contributed by atoms with Crippen LogP contribution in [0.3, 0.4) is 0 Å². The van der Waals surface area contributed by atoms with Gasteiger partial charge in [-0.15, -0.1) is 0 Å². The van der Waals surface area contributed by atoms with Gasteiger partial charge in [-0.05, 0) is 55.0 Å². The molecular weight excluding hydrogens is 552 g/mol. The Kier molecular flexibility index (Phi) is 7.77. The van der Waals surface area contributed by atoms with Crippen molar-refractivity contribution < 1.29 is 54.1 Å². The number of fused-ring (bicyclic) bond motifs is 1.